The molecule has 3 aromatic heterocycles. The van der Waals surface area contributed by atoms with Gasteiger partial charge in [-0.25, -0.2) is 4.98 Å². The molecule has 390 valence electrons. The number of aryl methyl sites for hydroxylation is 1. The Morgan fingerprint density at radius 1 is 0.545 bits per heavy atom. The van der Waals surface area contributed by atoms with Gasteiger partial charge in [0, 0.05) is 54.0 Å². The van der Waals surface area contributed by atoms with Gasteiger partial charge in [0.15, 0.2) is 0 Å². The third-order valence-corrected chi connectivity index (χ3v) is 14.4. The van der Waals surface area contributed by atoms with Crippen LogP contribution in [0, 0.1) is 25.3 Å². The van der Waals surface area contributed by atoms with Crippen molar-refractivity contribution >= 4 is 32.8 Å². The van der Waals surface area contributed by atoms with Gasteiger partial charge in [0.25, 0.3) is 6.33 Å². The molecule has 0 aliphatic rings. The zero-order valence-electron chi connectivity index (χ0n) is 53.9. The molecule has 77 heavy (non-hydrogen) atoms. The van der Waals surface area contributed by atoms with Crippen LogP contribution in [0.2, 0.25) is 0 Å². The molecule has 5 nitrogen and oxygen atoms in total. The average molecular weight is 1200 g/mol. The third kappa shape index (κ3) is 10.2. The van der Waals surface area contributed by atoms with Gasteiger partial charge in [-0.05, 0) is 113 Å². The van der Waals surface area contributed by atoms with E-state index in [2.05, 4.69) is 190 Å². The summed E-state index contributed by atoms with van der Waals surface area (Å²) in [6.07, 6.45) is 5.16. The first-order valence-electron chi connectivity index (χ1n) is 30.0. The number of benzene rings is 8. The van der Waals surface area contributed by atoms with Crippen LogP contribution in [0.5, 0.6) is 11.5 Å². The third-order valence-electron chi connectivity index (χ3n) is 14.4. The van der Waals surface area contributed by atoms with E-state index in [-0.39, 0.29) is 65.2 Å². The molecule has 0 radical (unpaired) electrons. The number of pyridine rings is 1. The number of hydrogen-bond donors (Lipinski definition) is 0. The second-order valence-electron chi connectivity index (χ2n) is 24.1. The van der Waals surface area contributed by atoms with Gasteiger partial charge in [0.05, 0.1) is 23.6 Å². The minimum absolute atomic E-state index is 0. The fraction of sp³-hybridized carbons (Fsp3) is 0.239. The van der Waals surface area contributed by atoms with Crippen molar-refractivity contribution in [2.24, 2.45) is 0 Å². The summed E-state index contributed by atoms with van der Waals surface area (Å²) < 4.78 is 81.0. The minimum Gasteiger partial charge on any atom is -0.510 e. The van der Waals surface area contributed by atoms with Crippen LogP contribution in [0.1, 0.15) is 122 Å². The van der Waals surface area contributed by atoms with Crippen molar-refractivity contribution in [3.8, 4) is 62.1 Å². The molecule has 0 amide bonds. The monoisotopic (exact) mass is 1200 g/mol. The van der Waals surface area contributed by atoms with Crippen molar-refractivity contribution < 1.29 is 41.3 Å². The Morgan fingerprint density at radius 3 is 1.95 bits per heavy atom. The number of rotatable bonds is 8. The van der Waals surface area contributed by atoms with Gasteiger partial charge in [-0.2, -0.15) is 18.2 Å². The Kier molecular flexibility index (Phi) is 11.3. The van der Waals surface area contributed by atoms with Crippen molar-refractivity contribution in [2.75, 3.05) is 0 Å². The SMILES string of the molecule is [2H]c1c([2H])c([2H])c(-c2cnc(-n3c4[c-]c(Oc5[c-]c(-n6[c-][n+](-c7c(-c8cccc(C(C)(C)C)c8)cccc7C(C)(C)C)c7ccc(-c8cc(C(C)(C)C)cc(C(C)(C)C)c8)cc76)ccc5)ccc4c4ccccc43)cc2C([2H])([2H])[2H])c([2H])c1[2H].[Pt]. The predicted octanol–water partition coefficient (Wildman–Crippen LogP) is 18.1. The van der Waals surface area contributed by atoms with E-state index in [9.17, 15) is 0 Å². The Morgan fingerprint density at radius 2 is 1.23 bits per heavy atom. The second-order valence-corrected chi connectivity index (χ2v) is 24.1. The van der Waals surface area contributed by atoms with Crippen molar-refractivity contribution in [1.82, 2.24) is 14.1 Å². The quantitative estimate of drug-likeness (QED) is 0.112. The molecule has 0 N–H and O–H groups in total. The molecule has 8 aromatic carbocycles. The number of nitrogens with zero attached hydrogens (tertiary/aromatic N) is 4. The molecule has 0 bridgehead atoms. The smallest absolute Gasteiger partial charge is 0.268 e. The Bertz CT molecular complexity index is 4390. The summed E-state index contributed by atoms with van der Waals surface area (Å²) in [5.74, 6) is 1.00. The van der Waals surface area contributed by atoms with Crippen LogP contribution in [0.4, 0.5) is 0 Å². The summed E-state index contributed by atoms with van der Waals surface area (Å²) >= 11 is 0. The van der Waals surface area contributed by atoms with E-state index in [0.29, 0.717) is 22.7 Å². The van der Waals surface area contributed by atoms with Crippen LogP contribution >= 0.6 is 0 Å². The molecule has 0 aliphatic heterocycles. The van der Waals surface area contributed by atoms with E-state index in [0.717, 1.165) is 60.8 Å². The Hall–Kier alpha value is -7.33. The zero-order valence-corrected chi connectivity index (χ0v) is 48.1. The molecule has 0 saturated heterocycles. The predicted molar refractivity (Wildman–Crippen MR) is 316 cm³/mol. The molecule has 3 heterocycles. The first kappa shape index (κ1) is 43.7. The second kappa shape index (κ2) is 19.9. The molecule has 0 aliphatic carbocycles. The standard InChI is InChI=1S/C71H68N4O.Pt/c1-46-36-66(72-44-60(46)47-22-15-14-16-23-47)75-62-31-18-17-28-58(62)59-34-33-56(43-64(59)75)76-55-27-20-26-54(42-55)73-45-74(67-57(29-21-30-61(67)71(11,12)13)49-24-19-25-51(37-49)68(2,3)4)63-35-32-48(40-65(63)73)50-38-52(69(5,6)7)41-53(39-50)70(8,9)10;/h14-41,44H,1-13H3;/q-2;/i1D3,14D,15D,16D,22D,23D;. The van der Waals surface area contributed by atoms with E-state index in [4.69, 9.17) is 20.7 Å². The normalized spacial score (nSPS) is 14.0. The molecule has 11 aromatic rings. The maximum absolute atomic E-state index is 8.69. The van der Waals surface area contributed by atoms with Crippen LogP contribution in [-0.2, 0) is 42.7 Å². The summed E-state index contributed by atoms with van der Waals surface area (Å²) in [7, 11) is 0. The summed E-state index contributed by atoms with van der Waals surface area (Å²) in [6, 6.07) is 52.2. The number of fused-ring (bicyclic) bond motifs is 4. The molecule has 11 rings (SSSR count). The number of hydrogen-bond acceptors (Lipinski definition) is 2. The summed E-state index contributed by atoms with van der Waals surface area (Å²) in [5.41, 5.74) is 13.1. The van der Waals surface area contributed by atoms with Gasteiger partial charge in [0.2, 0.25) is 0 Å². The molecule has 0 saturated carbocycles. The fourth-order valence-corrected chi connectivity index (χ4v) is 10.1. The first-order chi connectivity index (χ1) is 39.4. The van der Waals surface area contributed by atoms with Gasteiger partial charge in [-0.1, -0.05) is 210 Å². The summed E-state index contributed by atoms with van der Waals surface area (Å²) in [6.45, 7) is 24.3. The molecule has 0 spiro atoms. The average Bonchev–Trinajstić information content (AvgIpc) is 3.24. The van der Waals surface area contributed by atoms with E-state index >= 15 is 0 Å². The van der Waals surface area contributed by atoms with E-state index in [1.54, 1.807) is 4.57 Å². The van der Waals surface area contributed by atoms with Gasteiger partial charge in [-0.15, -0.1) is 29.7 Å². The maximum Gasteiger partial charge on any atom is 0.268 e. The van der Waals surface area contributed by atoms with Crippen LogP contribution in [-0.4, -0.2) is 14.1 Å². The molecular weight excluding hydrogens is 1120 g/mol. The Labute approximate surface area is 481 Å². The van der Waals surface area contributed by atoms with E-state index in [1.165, 1.54) is 29.0 Å². The molecular formula is C71H68N4OPt-2. The molecule has 6 heteroatoms. The van der Waals surface area contributed by atoms with Crippen LogP contribution in [0.3, 0.4) is 0 Å². The van der Waals surface area contributed by atoms with E-state index < -0.39 is 37.1 Å². The van der Waals surface area contributed by atoms with Crippen molar-refractivity contribution in [3.63, 3.8) is 0 Å². The molecule has 0 unspecified atom stereocenters. The van der Waals surface area contributed by atoms with Gasteiger partial charge < -0.3 is 13.9 Å². The minimum atomic E-state index is -2.76. The maximum atomic E-state index is 8.69. The molecule has 0 atom stereocenters. The number of ether oxygens (including phenoxy) is 1. The number of imidazole rings is 1. The van der Waals surface area contributed by atoms with Gasteiger partial charge >= 0.3 is 0 Å². The summed E-state index contributed by atoms with van der Waals surface area (Å²) in [4.78, 5) is 4.76. The van der Waals surface area contributed by atoms with Crippen LogP contribution < -0.4 is 9.30 Å². The Balaban J connectivity index is 0.00000803. The van der Waals surface area contributed by atoms with Crippen molar-refractivity contribution in [2.45, 2.75) is 112 Å². The fourth-order valence-electron chi connectivity index (χ4n) is 10.1. The first-order valence-corrected chi connectivity index (χ1v) is 26.0. The molecule has 0 fully saturated rings. The topological polar surface area (TPSA) is 35.9 Å². The largest absolute Gasteiger partial charge is 0.510 e. The number of aromatic nitrogens is 4. The number of para-hydroxylation sites is 2. The van der Waals surface area contributed by atoms with Gasteiger partial charge in [0.1, 0.15) is 5.82 Å². The van der Waals surface area contributed by atoms with Crippen LogP contribution in [0.15, 0.2) is 176 Å². The van der Waals surface area contributed by atoms with Crippen molar-refractivity contribution in [1.29, 1.82) is 0 Å². The van der Waals surface area contributed by atoms with Crippen molar-refractivity contribution in [3.05, 3.63) is 222 Å². The van der Waals surface area contributed by atoms with Crippen LogP contribution in [0.25, 0.3) is 83.4 Å². The zero-order chi connectivity index (χ0) is 60.3. The summed E-state index contributed by atoms with van der Waals surface area (Å²) in [5, 5.41) is 1.66. The van der Waals surface area contributed by atoms with Gasteiger partial charge in [-0.3, -0.25) is 4.57 Å². The van der Waals surface area contributed by atoms with E-state index in [1.807, 2.05) is 54.6 Å².